The minimum absolute atomic E-state index is 1.09. The van der Waals surface area contributed by atoms with Crippen molar-refractivity contribution < 1.29 is 0 Å². The Bertz CT molecular complexity index is 3180. The lowest BCUT2D eigenvalue weighted by molar-refractivity contribution is 1.17. The molecule has 1 aromatic heterocycles. The monoisotopic (exact) mass is 712 g/mol. The number of para-hydroxylation sites is 2. The molecule has 10 aromatic carbocycles. The van der Waals surface area contributed by atoms with Crippen LogP contribution in [-0.2, 0) is 0 Å². The van der Waals surface area contributed by atoms with Crippen LogP contribution in [0.4, 0.5) is 17.1 Å². The molecule has 0 N–H and O–H groups in total. The Morgan fingerprint density at radius 3 is 1.46 bits per heavy atom. The highest BCUT2D eigenvalue weighted by molar-refractivity contribution is 6.14. The number of hydrogen-bond acceptors (Lipinski definition) is 1. The Hall–Kier alpha value is -7.42. The molecule has 262 valence electrons. The fourth-order valence-corrected chi connectivity index (χ4v) is 8.77. The number of benzene rings is 10. The van der Waals surface area contributed by atoms with Crippen molar-refractivity contribution in [2.45, 2.75) is 0 Å². The van der Waals surface area contributed by atoms with Gasteiger partial charge in [-0.15, -0.1) is 0 Å². The van der Waals surface area contributed by atoms with Crippen molar-refractivity contribution in [3.05, 3.63) is 218 Å². The van der Waals surface area contributed by atoms with Crippen molar-refractivity contribution >= 4 is 71.2 Å². The van der Waals surface area contributed by atoms with Gasteiger partial charge in [-0.2, -0.15) is 0 Å². The van der Waals surface area contributed by atoms with Crippen molar-refractivity contribution in [1.29, 1.82) is 0 Å². The predicted molar refractivity (Wildman–Crippen MR) is 239 cm³/mol. The van der Waals surface area contributed by atoms with E-state index in [0.29, 0.717) is 0 Å². The molecule has 0 spiro atoms. The molecule has 0 unspecified atom stereocenters. The van der Waals surface area contributed by atoms with E-state index in [2.05, 4.69) is 228 Å². The van der Waals surface area contributed by atoms with E-state index in [1.165, 1.54) is 76.4 Å². The first-order chi connectivity index (χ1) is 27.8. The summed E-state index contributed by atoms with van der Waals surface area (Å²) >= 11 is 0. The number of nitrogens with zero attached hydrogens (tertiary/aromatic N) is 2. The molecule has 0 saturated carbocycles. The Morgan fingerprint density at radius 1 is 0.286 bits per heavy atom. The number of aromatic nitrogens is 1. The highest BCUT2D eigenvalue weighted by Crippen LogP contribution is 2.41. The van der Waals surface area contributed by atoms with Crippen LogP contribution in [0, 0.1) is 0 Å². The molecule has 0 fully saturated rings. The number of anilines is 3. The van der Waals surface area contributed by atoms with Crippen LogP contribution in [0.25, 0.3) is 82.1 Å². The van der Waals surface area contributed by atoms with Crippen molar-refractivity contribution in [2.75, 3.05) is 4.90 Å². The lowest BCUT2D eigenvalue weighted by Gasteiger charge is -2.27. The molecule has 0 atom stereocenters. The van der Waals surface area contributed by atoms with Crippen LogP contribution in [0.2, 0.25) is 0 Å². The molecule has 0 saturated heterocycles. The van der Waals surface area contributed by atoms with Gasteiger partial charge in [0, 0.05) is 33.5 Å². The van der Waals surface area contributed by atoms with E-state index < -0.39 is 0 Å². The maximum Gasteiger partial charge on any atom is 0.0541 e. The van der Waals surface area contributed by atoms with Crippen LogP contribution in [-0.4, -0.2) is 4.57 Å². The average Bonchev–Trinajstić information content (AvgIpc) is 3.61. The van der Waals surface area contributed by atoms with Crippen molar-refractivity contribution in [3.63, 3.8) is 0 Å². The van der Waals surface area contributed by atoms with E-state index in [1.807, 2.05) is 0 Å². The van der Waals surface area contributed by atoms with Crippen molar-refractivity contribution in [2.24, 2.45) is 0 Å². The number of rotatable bonds is 6. The predicted octanol–water partition coefficient (Wildman–Crippen LogP) is 15.0. The van der Waals surface area contributed by atoms with Gasteiger partial charge in [0.2, 0.25) is 0 Å². The zero-order valence-corrected chi connectivity index (χ0v) is 30.7. The Labute approximate surface area is 325 Å². The molecule has 56 heavy (non-hydrogen) atoms. The SMILES string of the molecule is c1cc(N(c2ccc(-c3cccc4ccccc34)cc2)c2ccc(-c3cc4ccccc4c4ccccc34)cc2)cc(-n2c3ccccc3c3ccccc32)c1. The second kappa shape index (κ2) is 13.2. The zero-order valence-electron chi connectivity index (χ0n) is 30.7. The van der Waals surface area contributed by atoms with Crippen LogP contribution in [0.3, 0.4) is 0 Å². The normalized spacial score (nSPS) is 11.6. The first kappa shape index (κ1) is 32.0. The van der Waals surface area contributed by atoms with Crippen LogP contribution in [0.5, 0.6) is 0 Å². The molecular weight excluding hydrogens is 677 g/mol. The van der Waals surface area contributed by atoms with Gasteiger partial charge in [0.05, 0.1) is 11.0 Å². The molecule has 2 nitrogen and oxygen atoms in total. The summed E-state index contributed by atoms with van der Waals surface area (Å²) < 4.78 is 2.39. The zero-order chi connectivity index (χ0) is 37.0. The smallest absolute Gasteiger partial charge is 0.0541 e. The summed E-state index contributed by atoms with van der Waals surface area (Å²) in [6, 6.07) is 79.5. The largest absolute Gasteiger partial charge is 0.310 e. The molecule has 2 heteroatoms. The Morgan fingerprint density at radius 2 is 0.786 bits per heavy atom. The van der Waals surface area contributed by atoms with Gasteiger partial charge >= 0.3 is 0 Å². The van der Waals surface area contributed by atoms with Gasteiger partial charge in [-0.1, -0.05) is 158 Å². The molecular formula is C54H36N2. The van der Waals surface area contributed by atoms with E-state index >= 15 is 0 Å². The number of hydrogen-bond donors (Lipinski definition) is 0. The van der Waals surface area contributed by atoms with E-state index in [-0.39, 0.29) is 0 Å². The Kier molecular flexibility index (Phi) is 7.53. The van der Waals surface area contributed by atoms with E-state index in [0.717, 1.165) is 22.7 Å². The fourth-order valence-electron chi connectivity index (χ4n) is 8.77. The third-order valence-electron chi connectivity index (χ3n) is 11.4. The van der Waals surface area contributed by atoms with Crippen LogP contribution < -0.4 is 4.90 Å². The third kappa shape index (κ3) is 5.26. The van der Waals surface area contributed by atoms with Crippen LogP contribution >= 0.6 is 0 Å². The summed E-state index contributed by atoms with van der Waals surface area (Å²) in [6.07, 6.45) is 0. The first-order valence-corrected chi connectivity index (χ1v) is 19.3. The van der Waals surface area contributed by atoms with Crippen LogP contribution in [0.15, 0.2) is 218 Å². The maximum absolute atomic E-state index is 2.39. The summed E-state index contributed by atoms with van der Waals surface area (Å²) in [4.78, 5) is 2.38. The minimum atomic E-state index is 1.09. The fraction of sp³-hybridized carbons (Fsp3) is 0. The standard InChI is InChI=1S/C54H36N2/c1-3-18-45-37(13-1)15-11-24-46(45)38-27-31-41(32-28-38)55(43-16-12-17-44(36-43)56-53-25-9-7-22-50(53)51-23-8-10-26-54(51)56)42-33-29-39(30-34-42)52-35-40-14-2-4-19-47(40)48-20-5-6-21-49(48)52/h1-36H. The van der Waals surface area contributed by atoms with Gasteiger partial charge in [0.25, 0.3) is 0 Å². The molecule has 0 radical (unpaired) electrons. The summed E-state index contributed by atoms with van der Waals surface area (Å²) in [6.45, 7) is 0. The highest BCUT2D eigenvalue weighted by Gasteiger charge is 2.18. The highest BCUT2D eigenvalue weighted by atomic mass is 15.1. The summed E-state index contributed by atoms with van der Waals surface area (Å²) in [5, 5.41) is 10.1. The van der Waals surface area contributed by atoms with E-state index in [4.69, 9.17) is 0 Å². The Balaban J connectivity index is 1.06. The van der Waals surface area contributed by atoms with Crippen molar-refractivity contribution in [3.8, 4) is 27.9 Å². The first-order valence-electron chi connectivity index (χ1n) is 19.3. The van der Waals surface area contributed by atoms with Gasteiger partial charge in [0.15, 0.2) is 0 Å². The lowest BCUT2D eigenvalue weighted by Crippen LogP contribution is -2.10. The summed E-state index contributed by atoms with van der Waals surface area (Å²) in [7, 11) is 0. The topological polar surface area (TPSA) is 8.17 Å². The minimum Gasteiger partial charge on any atom is -0.310 e. The lowest BCUT2D eigenvalue weighted by atomic mass is 9.93. The molecule has 1 heterocycles. The molecule has 11 aromatic rings. The van der Waals surface area contributed by atoms with Gasteiger partial charge in [-0.05, 0) is 115 Å². The second-order valence-corrected chi connectivity index (χ2v) is 14.5. The molecule has 0 aliphatic rings. The summed E-state index contributed by atoms with van der Waals surface area (Å²) in [5.74, 6) is 0. The van der Waals surface area contributed by atoms with Gasteiger partial charge in [-0.25, -0.2) is 0 Å². The van der Waals surface area contributed by atoms with Gasteiger partial charge in [0.1, 0.15) is 0 Å². The van der Waals surface area contributed by atoms with Gasteiger partial charge in [-0.3, -0.25) is 0 Å². The molecule has 0 amide bonds. The molecule has 0 aliphatic heterocycles. The number of fused-ring (bicyclic) bond motifs is 7. The molecule has 0 aliphatic carbocycles. The van der Waals surface area contributed by atoms with E-state index in [1.54, 1.807) is 0 Å². The third-order valence-corrected chi connectivity index (χ3v) is 11.4. The van der Waals surface area contributed by atoms with Crippen LogP contribution in [0.1, 0.15) is 0 Å². The second-order valence-electron chi connectivity index (χ2n) is 14.5. The molecule has 11 rings (SSSR count). The van der Waals surface area contributed by atoms with E-state index in [9.17, 15) is 0 Å². The van der Waals surface area contributed by atoms with Gasteiger partial charge < -0.3 is 9.47 Å². The molecule has 0 bridgehead atoms. The maximum atomic E-state index is 2.39. The quantitative estimate of drug-likeness (QED) is 0.156. The average molecular weight is 713 g/mol. The van der Waals surface area contributed by atoms with Crippen molar-refractivity contribution in [1.82, 2.24) is 4.57 Å². The summed E-state index contributed by atoms with van der Waals surface area (Å²) in [5.41, 5.74) is 11.7.